The molecule has 0 bridgehead atoms. The molecule has 7 aromatic carbocycles. The standard InChI is InChI=1S/C66H67BN2O2/c1-61(2)25-27-63(5,6)47-31-38(21-23-45(47)61)68-53-37-50-49(65(9,10)29-30-66(50,11)12)36-51(53)67-59-54(68)34-43-41-18-14-16-20-56(41)71-60(43)58(59)44-35-57-42(40-17-13-15-19-55(40)70-57)33-52(44)69(67)39-22-24-46-48(32-39)64(7,8)28-26-62(46,3)4/h13-24,31-37H,25-30H2,1-12H3. The van der Waals surface area contributed by atoms with Crippen LogP contribution in [-0.2, 0) is 32.5 Å². The van der Waals surface area contributed by atoms with Crippen LogP contribution in [0.1, 0.15) is 155 Å². The molecule has 0 saturated heterocycles. The van der Waals surface area contributed by atoms with E-state index in [1.165, 1.54) is 91.1 Å². The van der Waals surface area contributed by atoms with Crippen molar-refractivity contribution in [1.82, 2.24) is 0 Å². The first-order valence-electron chi connectivity index (χ1n) is 26.7. The lowest BCUT2D eigenvalue weighted by Gasteiger charge is -2.49. The monoisotopic (exact) mass is 931 g/mol. The predicted octanol–water partition coefficient (Wildman–Crippen LogP) is 17.2. The van der Waals surface area contributed by atoms with Gasteiger partial charge in [0.2, 0.25) is 0 Å². The Morgan fingerprint density at radius 2 is 0.873 bits per heavy atom. The van der Waals surface area contributed by atoms with E-state index >= 15 is 0 Å². The molecule has 0 amide bonds. The number of hydrogen-bond donors (Lipinski definition) is 0. The Morgan fingerprint density at radius 3 is 1.48 bits per heavy atom. The van der Waals surface area contributed by atoms with Gasteiger partial charge in [-0.25, -0.2) is 0 Å². The van der Waals surface area contributed by atoms with Crippen molar-refractivity contribution in [2.45, 2.75) is 154 Å². The summed E-state index contributed by atoms with van der Waals surface area (Å²) in [6, 6.07) is 44.9. The summed E-state index contributed by atoms with van der Waals surface area (Å²) in [6.45, 7) is 29.4. The van der Waals surface area contributed by atoms with Gasteiger partial charge in [0.25, 0.3) is 0 Å². The fourth-order valence-electron chi connectivity index (χ4n) is 14.5. The molecule has 4 nitrogen and oxygen atoms in total. The van der Waals surface area contributed by atoms with Crippen LogP contribution in [0.4, 0.5) is 28.4 Å². The van der Waals surface area contributed by atoms with Crippen molar-refractivity contribution in [3.8, 4) is 11.1 Å². The number of anilines is 5. The van der Waals surface area contributed by atoms with Gasteiger partial charge in [-0.1, -0.05) is 138 Å². The van der Waals surface area contributed by atoms with Crippen LogP contribution in [-0.4, -0.2) is 6.85 Å². The zero-order chi connectivity index (χ0) is 49.1. The van der Waals surface area contributed by atoms with E-state index in [-0.39, 0.29) is 39.3 Å². The highest BCUT2D eigenvalue weighted by Crippen LogP contribution is 2.57. The minimum atomic E-state index is -0.177. The van der Waals surface area contributed by atoms with E-state index in [2.05, 4.69) is 208 Å². The molecule has 5 heteroatoms. The molecular formula is C66H67BN2O2. The van der Waals surface area contributed by atoms with Gasteiger partial charge >= 0.3 is 6.85 Å². The van der Waals surface area contributed by atoms with Crippen LogP contribution in [0.15, 0.2) is 124 Å². The third kappa shape index (κ3) is 5.93. The van der Waals surface area contributed by atoms with E-state index in [0.717, 1.165) is 75.1 Å². The highest BCUT2D eigenvalue weighted by atomic mass is 16.3. The smallest absolute Gasteiger partial charge is 0.333 e. The highest BCUT2D eigenvalue weighted by molar-refractivity contribution is 6.94. The van der Waals surface area contributed by atoms with Gasteiger partial charge in [-0.3, -0.25) is 0 Å². The number of fused-ring (bicyclic) bond motifs is 14. The largest absolute Gasteiger partial charge is 0.456 e. The van der Waals surface area contributed by atoms with E-state index in [1.807, 2.05) is 0 Å². The molecule has 0 N–H and O–H groups in total. The van der Waals surface area contributed by atoms with Crippen molar-refractivity contribution in [2.75, 3.05) is 9.71 Å². The van der Waals surface area contributed by atoms with Crippen LogP contribution < -0.4 is 20.6 Å². The van der Waals surface area contributed by atoms with Crippen molar-refractivity contribution in [2.24, 2.45) is 0 Å². The van der Waals surface area contributed by atoms with Gasteiger partial charge in [0, 0.05) is 61.1 Å². The van der Waals surface area contributed by atoms with Gasteiger partial charge in [0.05, 0.1) is 0 Å². The van der Waals surface area contributed by atoms with E-state index < -0.39 is 0 Å². The normalized spacial score (nSPS) is 20.4. The second-order valence-electron chi connectivity index (χ2n) is 26.5. The molecule has 0 spiro atoms. The van der Waals surface area contributed by atoms with Gasteiger partial charge in [-0.05, 0) is 176 Å². The third-order valence-electron chi connectivity index (χ3n) is 19.2. The number of para-hydroxylation sites is 2. The summed E-state index contributed by atoms with van der Waals surface area (Å²) in [4.78, 5) is 5.43. The Labute approximate surface area is 420 Å². The average molecular weight is 931 g/mol. The van der Waals surface area contributed by atoms with E-state index in [9.17, 15) is 0 Å². The lowest BCUT2D eigenvalue weighted by atomic mass is 9.42. The first-order valence-corrected chi connectivity index (χ1v) is 26.7. The van der Waals surface area contributed by atoms with Crippen LogP contribution in [0, 0.1) is 0 Å². The van der Waals surface area contributed by atoms with Crippen LogP contribution >= 0.6 is 0 Å². The maximum absolute atomic E-state index is 7.25. The Kier molecular flexibility index (Phi) is 8.50. The summed E-state index contributed by atoms with van der Waals surface area (Å²) in [6.07, 6.45) is 6.96. The van der Waals surface area contributed by atoms with Gasteiger partial charge < -0.3 is 18.5 Å². The molecular weight excluding hydrogens is 864 g/mol. The summed E-state index contributed by atoms with van der Waals surface area (Å²) >= 11 is 0. The molecule has 0 atom stereocenters. The van der Waals surface area contributed by atoms with Gasteiger partial charge in [-0.2, -0.15) is 0 Å². The number of nitrogens with zero attached hydrogens (tertiary/aromatic N) is 2. The van der Waals surface area contributed by atoms with Gasteiger partial charge in [0.1, 0.15) is 22.3 Å². The number of benzene rings is 7. The Balaban J connectivity index is 1.17. The predicted molar refractivity (Wildman–Crippen MR) is 301 cm³/mol. The Bertz CT molecular complexity index is 3810. The molecule has 2 aromatic heterocycles. The Hall–Kier alpha value is -6.20. The van der Waals surface area contributed by atoms with Crippen LogP contribution in [0.2, 0.25) is 0 Å². The first kappa shape index (κ1) is 43.6. The quantitative estimate of drug-likeness (QED) is 0.162. The van der Waals surface area contributed by atoms with Crippen LogP contribution in [0.5, 0.6) is 0 Å². The Morgan fingerprint density at radius 1 is 0.394 bits per heavy atom. The van der Waals surface area contributed by atoms with Crippen LogP contribution in [0.3, 0.4) is 0 Å². The van der Waals surface area contributed by atoms with Crippen molar-refractivity contribution in [3.05, 3.63) is 149 Å². The molecule has 0 unspecified atom stereocenters. The maximum Gasteiger partial charge on any atom is 0.333 e. The summed E-state index contributed by atoms with van der Waals surface area (Å²) in [5.74, 6) is 0. The van der Waals surface area contributed by atoms with E-state index in [4.69, 9.17) is 8.83 Å². The minimum absolute atomic E-state index is 0.00135. The van der Waals surface area contributed by atoms with E-state index in [0.29, 0.717) is 0 Å². The molecule has 2 aliphatic heterocycles. The zero-order valence-electron chi connectivity index (χ0n) is 44.0. The molecule has 14 rings (SSSR count). The molecule has 5 aliphatic rings. The van der Waals surface area contributed by atoms with Gasteiger partial charge in [-0.15, -0.1) is 0 Å². The average Bonchev–Trinajstić information content (AvgIpc) is 3.90. The first-order chi connectivity index (χ1) is 33.6. The zero-order valence-corrected chi connectivity index (χ0v) is 44.0. The molecule has 71 heavy (non-hydrogen) atoms. The number of rotatable bonds is 2. The highest BCUT2D eigenvalue weighted by Gasteiger charge is 2.50. The fourth-order valence-corrected chi connectivity index (χ4v) is 14.5. The third-order valence-corrected chi connectivity index (χ3v) is 19.2. The lowest BCUT2D eigenvalue weighted by molar-refractivity contribution is 0.332. The van der Waals surface area contributed by atoms with E-state index in [1.54, 1.807) is 0 Å². The van der Waals surface area contributed by atoms with Crippen LogP contribution in [0.25, 0.3) is 55.0 Å². The molecule has 0 fully saturated rings. The molecule has 4 heterocycles. The molecule has 356 valence electrons. The summed E-state index contributed by atoms with van der Waals surface area (Å²) in [5, 5.41) is 4.55. The molecule has 0 radical (unpaired) electrons. The van der Waals surface area contributed by atoms with Gasteiger partial charge in [0.15, 0.2) is 0 Å². The molecule has 0 saturated carbocycles. The second-order valence-corrected chi connectivity index (χ2v) is 26.5. The molecule has 3 aliphatic carbocycles. The van der Waals surface area contributed by atoms with Crippen molar-refractivity contribution < 1.29 is 8.83 Å². The fraction of sp³-hybridized carbons (Fsp3) is 0.364. The van der Waals surface area contributed by atoms with Crippen molar-refractivity contribution in [3.63, 3.8) is 0 Å². The van der Waals surface area contributed by atoms with Crippen molar-refractivity contribution >= 4 is 90.1 Å². The lowest BCUT2D eigenvalue weighted by Crippen LogP contribution is -2.62. The summed E-state index contributed by atoms with van der Waals surface area (Å²) in [5.41, 5.74) is 23.8. The second kappa shape index (κ2) is 13.8. The minimum Gasteiger partial charge on any atom is -0.456 e. The SMILES string of the molecule is CC1(C)CCC(C)(C)c2cc(N3B4c5cc6c(cc5N(c5ccc7c(c5)C(C)(C)CCC7(C)C)c5cc7c(oc8ccccc87)c(c54)-c4cc5oc7ccccc7c5cc43)C(C)(C)CCC6(C)C)ccc21. The topological polar surface area (TPSA) is 32.8 Å². The summed E-state index contributed by atoms with van der Waals surface area (Å²) < 4.78 is 14.1. The number of hydrogen-bond acceptors (Lipinski definition) is 4. The van der Waals surface area contributed by atoms with Crippen molar-refractivity contribution in [1.29, 1.82) is 0 Å². The maximum atomic E-state index is 7.25. The molecule has 9 aromatic rings. The number of furan rings is 2. The summed E-state index contributed by atoms with van der Waals surface area (Å²) in [7, 11) is 0.